The van der Waals surface area contributed by atoms with E-state index in [-0.39, 0.29) is 30.4 Å². The molecule has 0 aromatic carbocycles. The first-order chi connectivity index (χ1) is 6.18. The fourth-order valence-electron chi connectivity index (χ4n) is 1.94. The summed E-state index contributed by atoms with van der Waals surface area (Å²) < 4.78 is 10.4. The molecule has 2 aliphatic rings. The maximum atomic E-state index is 10.7. The van der Waals surface area contributed by atoms with Crippen molar-refractivity contribution in [3.05, 3.63) is 0 Å². The predicted octanol–water partition coefficient (Wildman–Crippen LogP) is 0.230. The first-order valence-corrected chi connectivity index (χ1v) is 4.69. The van der Waals surface area contributed by atoms with E-state index >= 15 is 0 Å². The number of esters is 1. The zero-order chi connectivity index (χ0) is 9.42. The van der Waals surface area contributed by atoms with Gasteiger partial charge in [0.1, 0.15) is 18.3 Å². The lowest BCUT2D eigenvalue weighted by atomic mass is 10.1. The minimum atomic E-state index is -0.370. The molecule has 1 N–H and O–H groups in total. The molecule has 4 atom stereocenters. The molecule has 1 saturated carbocycles. The summed E-state index contributed by atoms with van der Waals surface area (Å²) in [6, 6.07) is 0. The van der Waals surface area contributed by atoms with E-state index in [1.54, 1.807) is 0 Å². The molecule has 0 radical (unpaired) electrons. The van der Waals surface area contributed by atoms with Gasteiger partial charge in [-0.1, -0.05) is 0 Å². The third-order valence-electron chi connectivity index (χ3n) is 2.61. The molecule has 4 heteroatoms. The Hall–Kier alpha value is -0.610. The quantitative estimate of drug-likeness (QED) is 0.470. The SMILES string of the molecule is CC(=O)O[C@@H]1CCC[C@H](O)[C@H]2O[C@H]21. The van der Waals surface area contributed by atoms with Gasteiger partial charge in [-0.25, -0.2) is 0 Å². The summed E-state index contributed by atoms with van der Waals surface area (Å²) in [5.74, 6) is -0.268. The molecule has 2 fully saturated rings. The average Bonchev–Trinajstić information content (AvgIpc) is 2.78. The number of aliphatic hydroxyl groups is 1. The Kier molecular flexibility index (Phi) is 2.26. The third kappa shape index (κ3) is 1.84. The van der Waals surface area contributed by atoms with Gasteiger partial charge in [0.2, 0.25) is 0 Å². The second kappa shape index (κ2) is 3.27. The minimum Gasteiger partial charge on any atom is -0.460 e. The van der Waals surface area contributed by atoms with Crippen molar-refractivity contribution in [2.75, 3.05) is 0 Å². The summed E-state index contributed by atoms with van der Waals surface area (Å²) in [5.41, 5.74) is 0. The predicted molar refractivity (Wildman–Crippen MR) is 44.1 cm³/mol. The normalized spacial score (nSPS) is 43.2. The number of hydrogen-bond donors (Lipinski definition) is 1. The monoisotopic (exact) mass is 186 g/mol. The van der Waals surface area contributed by atoms with Gasteiger partial charge in [-0.2, -0.15) is 0 Å². The maximum Gasteiger partial charge on any atom is 0.302 e. The first kappa shape index (κ1) is 8.97. The van der Waals surface area contributed by atoms with Crippen molar-refractivity contribution in [2.45, 2.75) is 50.6 Å². The Labute approximate surface area is 76.8 Å². The average molecular weight is 186 g/mol. The van der Waals surface area contributed by atoms with Crippen LogP contribution in [0.25, 0.3) is 0 Å². The summed E-state index contributed by atoms with van der Waals surface area (Å²) in [6.45, 7) is 1.40. The molecule has 1 aliphatic carbocycles. The van der Waals surface area contributed by atoms with Crippen LogP contribution in [0.3, 0.4) is 0 Å². The van der Waals surface area contributed by atoms with Crippen LogP contribution in [0.15, 0.2) is 0 Å². The molecule has 4 nitrogen and oxygen atoms in total. The summed E-state index contributed by atoms with van der Waals surface area (Å²) in [5, 5.41) is 9.49. The third-order valence-corrected chi connectivity index (χ3v) is 2.61. The van der Waals surface area contributed by atoms with Crippen LogP contribution < -0.4 is 0 Å². The van der Waals surface area contributed by atoms with E-state index in [1.807, 2.05) is 0 Å². The number of carbonyl (C=O) groups excluding carboxylic acids is 1. The van der Waals surface area contributed by atoms with E-state index in [1.165, 1.54) is 6.92 Å². The van der Waals surface area contributed by atoms with Crippen LogP contribution in [0.5, 0.6) is 0 Å². The topological polar surface area (TPSA) is 59.1 Å². The Balaban J connectivity index is 1.94. The Morgan fingerprint density at radius 2 is 2.23 bits per heavy atom. The molecule has 0 aromatic rings. The van der Waals surface area contributed by atoms with E-state index in [9.17, 15) is 9.90 Å². The molecule has 2 rings (SSSR count). The summed E-state index contributed by atoms with van der Waals surface area (Å²) >= 11 is 0. The van der Waals surface area contributed by atoms with Crippen LogP contribution in [-0.2, 0) is 14.3 Å². The maximum absolute atomic E-state index is 10.7. The summed E-state index contributed by atoms with van der Waals surface area (Å²) in [7, 11) is 0. The Bertz CT molecular complexity index is 216. The van der Waals surface area contributed by atoms with E-state index in [0.29, 0.717) is 0 Å². The zero-order valence-corrected chi connectivity index (χ0v) is 7.60. The molecule has 0 bridgehead atoms. The van der Waals surface area contributed by atoms with Crippen LogP contribution in [0.4, 0.5) is 0 Å². The van der Waals surface area contributed by atoms with Gasteiger partial charge in [0.25, 0.3) is 0 Å². The zero-order valence-electron chi connectivity index (χ0n) is 7.60. The standard InChI is InChI=1S/C9H14O4/c1-5(10)12-7-4-2-3-6(11)8-9(7)13-8/h6-9,11H,2-4H2,1H3/t6-,7+,8+,9-/m0/s1. The highest BCUT2D eigenvalue weighted by molar-refractivity contribution is 5.66. The lowest BCUT2D eigenvalue weighted by Gasteiger charge is -2.12. The van der Waals surface area contributed by atoms with E-state index in [0.717, 1.165) is 19.3 Å². The smallest absolute Gasteiger partial charge is 0.302 e. The molecule has 1 aliphatic heterocycles. The molecule has 0 amide bonds. The molecule has 0 unspecified atom stereocenters. The highest BCUT2D eigenvalue weighted by Crippen LogP contribution is 2.37. The lowest BCUT2D eigenvalue weighted by Crippen LogP contribution is -2.24. The second-order valence-electron chi connectivity index (χ2n) is 3.71. The van der Waals surface area contributed by atoms with Gasteiger partial charge in [-0.3, -0.25) is 4.79 Å². The highest BCUT2D eigenvalue weighted by atomic mass is 16.6. The molecule has 1 saturated heterocycles. The van der Waals surface area contributed by atoms with Crippen LogP contribution in [0.1, 0.15) is 26.2 Å². The van der Waals surface area contributed by atoms with Crippen molar-refractivity contribution < 1.29 is 19.4 Å². The highest BCUT2D eigenvalue weighted by Gasteiger charge is 2.51. The van der Waals surface area contributed by atoms with Crippen LogP contribution in [0, 0.1) is 0 Å². The number of aliphatic hydroxyl groups excluding tert-OH is 1. The van der Waals surface area contributed by atoms with Gasteiger partial charge in [-0.05, 0) is 19.3 Å². The molecule has 13 heavy (non-hydrogen) atoms. The van der Waals surface area contributed by atoms with Crippen LogP contribution in [-0.4, -0.2) is 35.5 Å². The first-order valence-electron chi connectivity index (χ1n) is 4.69. The fourth-order valence-corrected chi connectivity index (χ4v) is 1.94. The molecular formula is C9H14O4. The van der Waals surface area contributed by atoms with Crippen molar-refractivity contribution in [1.82, 2.24) is 0 Å². The molecule has 1 heterocycles. The van der Waals surface area contributed by atoms with Crippen molar-refractivity contribution in [3.63, 3.8) is 0 Å². The van der Waals surface area contributed by atoms with E-state index in [4.69, 9.17) is 9.47 Å². The second-order valence-corrected chi connectivity index (χ2v) is 3.71. The van der Waals surface area contributed by atoms with Gasteiger partial charge in [0.15, 0.2) is 0 Å². The van der Waals surface area contributed by atoms with Crippen molar-refractivity contribution >= 4 is 5.97 Å². The molecule has 0 aromatic heterocycles. The summed E-state index contributed by atoms with van der Waals surface area (Å²) in [6.07, 6.45) is 1.80. The number of carbonyl (C=O) groups is 1. The number of rotatable bonds is 1. The van der Waals surface area contributed by atoms with Crippen molar-refractivity contribution in [1.29, 1.82) is 0 Å². The summed E-state index contributed by atoms with van der Waals surface area (Å²) in [4.78, 5) is 10.7. The molecule has 74 valence electrons. The molecular weight excluding hydrogens is 172 g/mol. The van der Waals surface area contributed by atoms with Gasteiger partial charge in [-0.15, -0.1) is 0 Å². The van der Waals surface area contributed by atoms with Crippen molar-refractivity contribution in [2.24, 2.45) is 0 Å². The number of ether oxygens (including phenoxy) is 2. The van der Waals surface area contributed by atoms with Gasteiger partial charge in [0.05, 0.1) is 6.10 Å². The largest absolute Gasteiger partial charge is 0.460 e. The van der Waals surface area contributed by atoms with Gasteiger partial charge < -0.3 is 14.6 Å². The van der Waals surface area contributed by atoms with E-state index < -0.39 is 0 Å². The van der Waals surface area contributed by atoms with Gasteiger partial charge in [0, 0.05) is 6.92 Å². The number of hydrogen-bond acceptors (Lipinski definition) is 4. The Morgan fingerprint density at radius 1 is 1.46 bits per heavy atom. The van der Waals surface area contributed by atoms with Crippen molar-refractivity contribution in [3.8, 4) is 0 Å². The minimum absolute atomic E-state index is 0.0543. The molecule has 0 spiro atoms. The fraction of sp³-hybridized carbons (Fsp3) is 0.889. The van der Waals surface area contributed by atoms with Crippen LogP contribution in [0.2, 0.25) is 0 Å². The number of epoxide rings is 1. The Morgan fingerprint density at radius 3 is 2.92 bits per heavy atom. The van der Waals surface area contributed by atoms with E-state index in [2.05, 4.69) is 0 Å². The number of fused-ring (bicyclic) bond motifs is 1. The van der Waals surface area contributed by atoms with Crippen LogP contribution >= 0.6 is 0 Å². The lowest BCUT2D eigenvalue weighted by molar-refractivity contribution is -0.147. The van der Waals surface area contributed by atoms with Gasteiger partial charge >= 0.3 is 5.97 Å².